The summed E-state index contributed by atoms with van der Waals surface area (Å²) in [4.78, 5) is 10.3. The van der Waals surface area contributed by atoms with E-state index in [0.717, 1.165) is 20.8 Å². The van der Waals surface area contributed by atoms with Gasteiger partial charge in [0.25, 0.3) is 5.69 Å². The highest BCUT2D eigenvalue weighted by molar-refractivity contribution is 14.1. The van der Waals surface area contributed by atoms with Crippen molar-refractivity contribution < 1.29 is 9.34 Å². The maximum Gasteiger partial charge on any atom is 0.288 e. The predicted molar refractivity (Wildman–Crippen MR) is 81.6 cm³/mol. The van der Waals surface area contributed by atoms with Crippen LogP contribution in [0.1, 0.15) is 11.3 Å². The SMILES string of the molecule is Cc1cc([N+](=O)[O-])c(Cl)cc1NCc1ccc(I)o1. The molecular formula is C12H10ClIN2O3. The number of hydrogen-bond donors (Lipinski definition) is 1. The summed E-state index contributed by atoms with van der Waals surface area (Å²) >= 11 is 7.96. The summed E-state index contributed by atoms with van der Waals surface area (Å²) in [7, 11) is 0. The van der Waals surface area contributed by atoms with E-state index in [-0.39, 0.29) is 10.7 Å². The Balaban J connectivity index is 2.17. The molecule has 19 heavy (non-hydrogen) atoms. The molecular weight excluding hydrogens is 382 g/mol. The topological polar surface area (TPSA) is 68.3 Å². The lowest BCUT2D eigenvalue weighted by Crippen LogP contribution is -2.01. The molecule has 0 unspecified atom stereocenters. The highest BCUT2D eigenvalue weighted by Gasteiger charge is 2.15. The molecule has 0 aliphatic heterocycles. The lowest BCUT2D eigenvalue weighted by molar-refractivity contribution is -0.384. The highest BCUT2D eigenvalue weighted by atomic mass is 127. The van der Waals surface area contributed by atoms with Gasteiger partial charge < -0.3 is 9.73 Å². The van der Waals surface area contributed by atoms with Crippen LogP contribution in [0, 0.1) is 20.8 Å². The third-order valence-electron chi connectivity index (χ3n) is 2.57. The van der Waals surface area contributed by atoms with Gasteiger partial charge in [-0.05, 0) is 53.3 Å². The van der Waals surface area contributed by atoms with Crippen LogP contribution in [-0.4, -0.2) is 4.92 Å². The van der Waals surface area contributed by atoms with Gasteiger partial charge in [-0.1, -0.05) is 11.6 Å². The molecule has 0 aliphatic rings. The molecule has 0 saturated heterocycles. The summed E-state index contributed by atoms with van der Waals surface area (Å²) in [6, 6.07) is 6.75. The molecule has 0 fully saturated rings. The van der Waals surface area contributed by atoms with Crippen molar-refractivity contribution in [1.82, 2.24) is 0 Å². The van der Waals surface area contributed by atoms with Crippen LogP contribution in [-0.2, 0) is 6.54 Å². The first-order chi connectivity index (χ1) is 8.97. The molecule has 0 amide bonds. The van der Waals surface area contributed by atoms with Crippen molar-refractivity contribution in [2.75, 3.05) is 5.32 Å². The van der Waals surface area contributed by atoms with Crippen LogP contribution >= 0.6 is 34.2 Å². The predicted octanol–water partition coefficient (Wildman–Crippen LogP) is 4.37. The fourth-order valence-electron chi connectivity index (χ4n) is 1.63. The van der Waals surface area contributed by atoms with E-state index in [0.29, 0.717) is 6.54 Å². The summed E-state index contributed by atoms with van der Waals surface area (Å²) in [5, 5.41) is 14.0. The summed E-state index contributed by atoms with van der Waals surface area (Å²) in [6.07, 6.45) is 0. The number of nitrogens with one attached hydrogen (secondary N) is 1. The van der Waals surface area contributed by atoms with Gasteiger partial charge in [-0.15, -0.1) is 0 Å². The number of nitro groups is 1. The lowest BCUT2D eigenvalue weighted by Gasteiger charge is -2.09. The highest BCUT2D eigenvalue weighted by Crippen LogP contribution is 2.30. The van der Waals surface area contributed by atoms with Crippen LogP contribution in [0.5, 0.6) is 0 Å². The molecule has 5 nitrogen and oxygen atoms in total. The lowest BCUT2D eigenvalue weighted by atomic mass is 10.1. The van der Waals surface area contributed by atoms with Crippen molar-refractivity contribution >= 4 is 45.6 Å². The van der Waals surface area contributed by atoms with Gasteiger partial charge in [0.15, 0.2) is 3.77 Å². The molecule has 1 aromatic heterocycles. The standard InChI is InChI=1S/C12H10ClIN2O3/c1-7-4-11(16(17)18)9(13)5-10(7)15-6-8-2-3-12(14)19-8/h2-5,15H,6H2,1H3. The molecule has 1 heterocycles. The van der Waals surface area contributed by atoms with E-state index in [1.165, 1.54) is 6.07 Å². The maximum atomic E-state index is 10.8. The maximum absolute atomic E-state index is 10.8. The fourth-order valence-corrected chi connectivity index (χ4v) is 2.32. The van der Waals surface area contributed by atoms with E-state index in [1.807, 2.05) is 12.1 Å². The number of nitro benzene ring substituents is 1. The van der Waals surface area contributed by atoms with Gasteiger partial charge in [0.2, 0.25) is 0 Å². The van der Waals surface area contributed by atoms with E-state index in [4.69, 9.17) is 16.0 Å². The zero-order valence-corrected chi connectivity index (χ0v) is 12.9. The van der Waals surface area contributed by atoms with Crippen molar-refractivity contribution in [2.24, 2.45) is 0 Å². The number of hydrogen-bond acceptors (Lipinski definition) is 4. The second-order valence-corrected chi connectivity index (χ2v) is 5.41. The van der Waals surface area contributed by atoms with Crippen LogP contribution in [0.3, 0.4) is 0 Å². The number of rotatable bonds is 4. The van der Waals surface area contributed by atoms with Crippen LogP contribution in [0.4, 0.5) is 11.4 Å². The van der Waals surface area contributed by atoms with Crippen molar-refractivity contribution in [3.05, 3.63) is 54.5 Å². The average Bonchev–Trinajstić information content (AvgIpc) is 2.75. The zero-order valence-electron chi connectivity index (χ0n) is 9.94. The molecule has 0 aliphatic carbocycles. The third-order valence-corrected chi connectivity index (χ3v) is 3.45. The second kappa shape index (κ2) is 5.79. The van der Waals surface area contributed by atoms with Crippen molar-refractivity contribution in [1.29, 1.82) is 0 Å². The Labute approximate surface area is 128 Å². The Morgan fingerprint density at radius 2 is 2.21 bits per heavy atom. The Morgan fingerprint density at radius 1 is 1.47 bits per heavy atom. The number of halogens is 2. The fraction of sp³-hybridized carbons (Fsp3) is 0.167. The van der Waals surface area contributed by atoms with Crippen molar-refractivity contribution in [3.8, 4) is 0 Å². The van der Waals surface area contributed by atoms with Gasteiger partial charge in [0.1, 0.15) is 10.8 Å². The Kier molecular flexibility index (Phi) is 4.31. The number of nitrogens with zero attached hydrogens (tertiary/aromatic N) is 1. The molecule has 2 aromatic rings. The zero-order chi connectivity index (χ0) is 14.0. The number of furan rings is 1. The first kappa shape index (κ1) is 14.1. The van der Waals surface area contributed by atoms with Gasteiger partial charge in [0.05, 0.1) is 11.5 Å². The van der Waals surface area contributed by atoms with Gasteiger partial charge in [0, 0.05) is 11.8 Å². The number of benzene rings is 1. The van der Waals surface area contributed by atoms with E-state index < -0.39 is 4.92 Å². The van der Waals surface area contributed by atoms with Gasteiger partial charge in [-0.3, -0.25) is 10.1 Å². The molecule has 0 saturated carbocycles. The monoisotopic (exact) mass is 392 g/mol. The number of aryl methyl sites for hydroxylation is 1. The van der Waals surface area contributed by atoms with E-state index >= 15 is 0 Å². The molecule has 0 atom stereocenters. The van der Waals surface area contributed by atoms with Crippen molar-refractivity contribution in [2.45, 2.75) is 13.5 Å². The smallest absolute Gasteiger partial charge is 0.288 e. The number of anilines is 1. The molecule has 7 heteroatoms. The van der Waals surface area contributed by atoms with Crippen molar-refractivity contribution in [3.63, 3.8) is 0 Å². The van der Waals surface area contributed by atoms with Crippen LogP contribution in [0.25, 0.3) is 0 Å². The largest absolute Gasteiger partial charge is 0.454 e. The summed E-state index contributed by atoms with van der Waals surface area (Å²) in [6.45, 7) is 2.29. The van der Waals surface area contributed by atoms with E-state index in [9.17, 15) is 10.1 Å². The van der Waals surface area contributed by atoms with Gasteiger partial charge in [-0.25, -0.2) is 0 Å². The molecule has 0 radical (unpaired) electrons. The minimum absolute atomic E-state index is 0.0859. The molecule has 1 aromatic carbocycles. The Bertz CT molecular complexity index is 627. The van der Waals surface area contributed by atoms with E-state index in [2.05, 4.69) is 27.9 Å². The third kappa shape index (κ3) is 3.38. The average molecular weight is 393 g/mol. The quantitative estimate of drug-likeness (QED) is 0.477. The summed E-state index contributed by atoms with van der Waals surface area (Å²) in [5.74, 6) is 0.790. The van der Waals surface area contributed by atoms with E-state index in [1.54, 1.807) is 13.0 Å². The molecule has 2 rings (SSSR count). The minimum Gasteiger partial charge on any atom is -0.454 e. The first-order valence-corrected chi connectivity index (χ1v) is 6.85. The van der Waals surface area contributed by atoms with Crippen LogP contribution < -0.4 is 5.32 Å². The molecule has 0 bridgehead atoms. The van der Waals surface area contributed by atoms with Crippen LogP contribution in [0.2, 0.25) is 5.02 Å². The molecule has 100 valence electrons. The normalized spacial score (nSPS) is 10.5. The second-order valence-electron chi connectivity index (χ2n) is 3.94. The summed E-state index contributed by atoms with van der Waals surface area (Å²) < 4.78 is 6.23. The summed E-state index contributed by atoms with van der Waals surface area (Å²) in [5.41, 5.74) is 1.43. The minimum atomic E-state index is -0.492. The van der Waals surface area contributed by atoms with Crippen LogP contribution in [0.15, 0.2) is 28.7 Å². The Morgan fingerprint density at radius 3 is 2.79 bits per heavy atom. The molecule has 0 spiro atoms. The van der Waals surface area contributed by atoms with Gasteiger partial charge >= 0.3 is 0 Å². The van der Waals surface area contributed by atoms with Gasteiger partial charge in [-0.2, -0.15) is 0 Å². The molecule has 1 N–H and O–H groups in total. The first-order valence-electron chi connectivity index (χ1n) is 5.40. The Hall–Kier alpha value is -1.28.